The maximum absolute atomic E-state index is 2.41. The zero-order valence-electron chi connectivity index (χ0n) is 14.0. The zero-order valence-corrected chi connectivity index (χ0v) is 14.0. The Bertz CT molecular complexity index is 416. The summed E-state index contributed by atoms with van der Waals surface area (Å²) < 4.78 is 0. The number of hydrogen-bond donors (Lipinski definition) is 0. The first-order valence-electron chi connectivity index (χ1n) is 9.33. The van der Waals surface area contributed by atoms with Crippen LogP contribution in [0, 0.1) is 17.8 Å². The molecule has 21 heavy (non-hydrogen) atoms. The van der Waals surface area contributed by atoms with Crippen molar-refractivity contribution in [2.75, 3.05) is 0 Å². The van der Waals surface area contributed by atoms with E-state index in [0.29, 0.717) is 0 Å². The first kappa shape index (κ1) is 15.1. The van der Waals surface area contributed by atoms with E-state index in [1.54, 1.807) is 5.56 Å². The quantitative estimate of drug-likeness (QED) is 0.591. The van der Waals surface area contributed by atoms with Crippen molar-refractivity contribution in [2.24, 2.45) is 17.8 Å². The fraction of sp³-hybridized carbons (Fsp3) is 0.714. The highest BCUT2D eigenvalue weighted by Crippen LogP contribution is 2.43. The fourth-order valence-corrected chi connectivity index (χ4v) is 4.71. The molecule has 0 aliphatic heterocycles. The third kappa shape index (κ3) is 3.90. The molecule has 0 bridgehead atoms. The van der Waals surface area contributed by atoms with Crippen molar-refractivity contribution in [1.29, 1.82) is 0 Å². The van der Waals surface area contributed by atoms with E-state index in [4.69, 9.17) is 0 Å². The Balaban J connectivity index is 1.46. The highest BCUT2D eigenvalue weighted by Gasteiger charge is 2.30. The van der Waals surface area contributed by atoms with Gasteiger partial charge in [-0.2, -0.15) is 0 Å². The summed E-state index contributed by atoms with van der Waals surface area (Å²) in [4.78, 5) is 0. The number of hydrogen-bond acceptors (Lipinski definition) is 0. The van der Waals surface area contributed by atoms with Crippen LogP contribution in [-0.2, 0) is 6.42 Å². The van der Waals surface area contributed by atoms with Gasteiger partial charge in [-0.1, -0.05) is 44.5 Å². The first-order valence-corrected chi connectivity index (χ1v) is 9.33. The Labute approximate surface area is 131 Å². The van der Waals surface area contributed by atoms with Gasteiger partial charge in [0.15, 0.2) is 0 Å². The van der Waals surface area contributed by atoms with E-state index >= 15 is 0 Å². The Kier molecular flexibility index (Phi) is 5.03. The van der Waals surface area contributed by atoms with Crippen molar-refractivity contribution in [3.8, 4) is 0 Å². The molecular weight excluding hydrogens is 252 g/mol. The maximum Gasteiger partial charge on any atom is -0.0162 e. The third-order valence-electron chi connectivity index (χ3n) is 5.97. The van der Waals surface area contributed by atoms with E-state index in [9.17, 15) is 0 Å². The largest absolute Gasteiger partial charge is 0.0651 e. The Morgan fingerprint density at radius 3 is 2.14 bits per heavy atom. The van der Waals surface area contributed by atoms with Crippen molar-refractivity contribution in [3.05, 3.63) is 35.4 Å². The van der Waals surface area contributed by atoms with Gasteiger partial charge in [0.1, 0.15) is 0 Å². The van der Waals surface area contributed by atoms with Crippen molar-refractivity contribution < 1.29 is 0 Å². The smallest absolute Gasteiger partial charge is 0.0162 e. The molecule has 0 N–H and O–H groups in total. The molecule has 3 rings (SSSR count). The molecule has 2 aliphatic carbocycles. The Hall–Kier alpha value is -0.780. The standard InChI is InChI=1S/C21H32/c1-3-4-17-5-9-20(10-6-17)21-11-7-18(8-12-21)15-19-13-16(2)14-19/h5-6,9-10,16,18-19,21H,3-4,7-8,11-15H2,1-2H3. The Morgan fingerprint density at radius 2 is 1.57 bits per heavy atom. The molecule has 2 saturated carbocycles. The lowest BCUT2D eigenvalue weighted by Crippen LogP contribution is -2.25. The third-order valence-corrected chi connectivity index (χ3v) is 5.97. The number of aryl methyl sites for hydroxylation is 1. The van der Waals surface area contributed by atoms with Crippen LogP contribution in [0.2, 0.25) is 0 Å². The summed E-state index contributed by atoms with van der Waals surface area (Å²) in [5.41, 5.74) is 3.11. The molecule has 0 radical (unpaired) electrons. The average Bonchev–Trinajstić information content (AvgIpc) is 2.48. The highest BCUT2D eigenvalue weighted by molar-refractivity contribution is 5.25. The second kappa shape index (κ2) is 6.99. The molecule has 1 aromatic rings. The molecule has 2 fully saturated rings. The molecule has 0 heterocycles. The predicted octanol–water partition coefficient (Wildman–Crippen LogP) is 6.35. The summed E-state index contributed by atoms with van der Waals surface area (Å²) in [5.74, 6) is 3.98. The van der Waals surface area contributed by atoms with Crippen LogP contribution >= 0.6 is 0 Å². The van der Waals surface area contributed by atoms with Crippen LogP contribution < -0.4 is 0 Å². The maximum atomic E-state index is 2.41. The molecule has 116 valence electrons. The summed E-state index contributed by atoms with van der Waals surface area (Å²) in [7, 11) is 0. The van der Waals surface area contributed by atoms with Crippen molar-refractivity contribution in [3.63, 3.8) is 0 Å². The fourth-order valence-electron chi connectivity index (χ4n) is 4.71. The van der Waals surface area contributed by atoms with Gasteiger partial charge in [-0.25, -0.2) is 0 Å². The van der Waals surface area contributed by atoms with Crippen LogP contribution in [0.4, 0.5) is 0 Å². The second-order valence-corrected chi connectivity index (χ2v) is 7.89. The molecule has 0 unspecified atom stereocenters. The lowest BCUT2D eigenvalue weighted by molar-refractivity contribution is 0.153. The molecule has 0 spiro atoms. The summed E-state index contributed by atoms with van der Waals surface area (Å²) in [6, 6.07) is 9.54. The Morgan fingerprint density at radius 1 is 0.905 bits per heavy atom. The van der Waals surface area contributed by atoms with Crippen molar-refractivity contribution in [1.82, 2.24) is 0 Å². The summed E-state index contributed by atoms with van der Waals surface area (Å²) in [5, 5.41) is 0. The second-order valence-electron chi connectivity index (χ2n) is 7.89. The van der Waals surface area contributed by atoms with Crippen LogP contribution in [0.15, 0.2) is 24.3 Å². The first-order chi connectivity index (χ1) is 10.2. The minimum atomic E-state index is 0.845. The van der Waals surface area contributed by atoms with E-state index < -0.39 is 0 Å². The molecule has 0 atom stereocenters. The molecule has 0 saturated heterocycles. The normalized spacial score (nSPS) is 32.7. The molecule has 0 aromatic heterocycles. The molecule has 2 aliphatic rings. The van der Waals surface area contributed by atoms with Gasteiger partial charge in [-0.05, 0) is 86.2 Å². The molecular formula is C21H32. The molecule has 0 amide bonds. The average molecular weight is 284 g/mol. The van der Waals surface area contributed by atoms with Gasteiger partial charge >= 0.3 is 0 Å². The van der Waals surface area contributed by atoms with E-state index in [-0.39, 0.29) is 0 Å². The summed E-state index contributed by atoms with van der Waals surface area (Å²) in [6.07, 6.45) is 12.9. The van der Waals surface area contributed by atoms with E-state index in [1.807, 2.05) is 0 Å². The van der Waals surface area contributed by atoms with Crippen LogP contribution in [0.25, 0.3) is 0 Å². The van der Waals surface area contributed by atoms with E-state index in [0.717, 1.165) is 23.7 Å². The van der Waals surface area contributed by atoms with Gasteiger partial charge < -0.3 is 0 Å². The lowest BCUT2D eigenvalue weighted by atomic mass is 9.68. The van der Waals surface area contributed by atoms with E-state index in [1.165, 1.54) is 63.4 Å². The minimum absolute atomic E-state index is 0.845. The van der Waals surface area contributed by atoms with Gasteiger partial charge in [-0.3, -0.25) is 0 Å². The van der Waals surface area contributed by atoms with Gasteiger partial charge in [0.2, 0.25) is 0 Å². The van der Waals surface area contributed by atoms with Crippen LogP contribution in [0.1, 0.15) is 82.3 Å². The van der Waals surface area contributed by atoms with Crippen molar-refractivity contribution in [2.45, 2.75) is 77.6 Å². The number of benzene rings is 1. The highest BCUT2D eigenvalue weighted by atomic mass is 14.4. The molecule has 0 nitrogen and oxygen atoms in total. The summed E-state index contributed by atoms with van der Waals surface area (Å²) >= 11 is 0. The monoisotopic (exact) mass is 284 g/mol. The van der Waals surface area contributed by atoms with E-state index in [2.05, 4.69) is 38.1 Å². The SMILES string of the molecule is CCCc1ccc(C2CCC(CC3CC(C)C3)CC2)cc1. The predicted molar refractivity (Wildman–Crippen MR) is 91.6 cm³/mol. The molecule has 0 heteroatoms. The van der Waals surface area contributed by atoms with Crippen LogP contribution in [0.3, 0.4) is 0 Å². The minimum Gasteiger partial charge on any atom is -0.0651 e. The van der Waals surface area contributed by atoms with Gasteiger partial charge in [0.05, 0.1) is 0 Å². The van der Waals surface area contributed by atoms with Gasteiger partial charge in [-0.15, -0.1) is 0 Å². The van der Waals surface area contributed by atoms with Crippen LogP contribution in [-0.4, -0.2) is 0 Å². The summed E-state index contributed by atoms with van der Waals surface area (Å²) in [6.45, 7) is 4.67. The zero-order chi connectivity index (χ0) is 14.7. The van der Waals surface area contributed by atoms with Crippen LogP contribution in [0.5, 0.6) is 0 Å². The topological polar surface area (TPSA) is 0 Å². The lowest BCUT2D eigenvalue weighted by Gasteiger charge is -2.37. The van der Waals surface area contributed by atoms with Gasteiger partial charge in [0.25, 0.3) is 0 Å². The van der Waals surface area contributed by atoms with Crippen molar-refractivity contribution >= 4 is 0 Å². The van der Waals surface area contributed by atoms with Gasteiger partial charge in [0, 0.05) is 0 Å². The number of rotatable bonds is 5. The molecule has 1 aromatic carbocycles.